The molecule has 1 aliphatic rings. The Kier molecular flexibility index (Phi) is 9.97. The first-order valence-corrected chi connectivity index (χ1v) is 13.2. The first kappa shape index (κ1) is 29.5. The number of nitrogens with one attached hydrogen (secondary N) is 3. The van der Waals surface area contributed by atoms with Gasteiger partial charge in [0.1, 0.15) is 13.2 Å². The van der Waals surface area contributed by atoms with E-state index in [1.807, 2.05) is 67.6 Å². The van der Waals surface area contributed by atoms with Crippen molar-refractivity contribution in [2.45, 2.75) is 32.2 Å². The van der Waals surface area contributed by atoms with Gasteiger partial charge in [-0.3, -0.25) is 19.8 Å². The number of hydrazone groups is 1. The van der Waals surface area contributed by atoms with Gasteiger partial charge in [0.2, 0.25) is 12.1 Å². The van der Waals surface area contributed by atoms with E-state index in [9.17, 15) is 19.2 Å². The van der Waals surface area contributed by atoms with Crippen LogP contribution in [-0.2, 0) is 20.9 Å². The number of hydrogen-bond donors (Lipinski definition) is 4. The predicted molar refractivity (Wildman–Crippen MR) is 158 cm³/mol. The maximum Gasteiger partial charge on any atom is 0.409 e. The number of benzene rings is 3. The van der Waals surface area contributed by atoms with Gasteiger partial charge in [-0.15, -0.1) is 0 Å². The molecule has 1 aliphatic heterocycles. The van der Waals surface area contributed by atoms with Crippen LogP contribution in [0, 0.1) is 0 Å². The number of para-hydroxylation sites is 1. The molecule has 12 nitrogen and oxygen atoms in total. The molecule has 0 fully saturated rings. The molecular weight excluding hydrogens is 538 g/mol. The average Bonchev–Trinajstić information content (AvgIpc) is 3.11. The number of urea groups is 1. The van der Waals surface area contributed by atoms with Crippen molar-refractivity contribution in [3.63, 3.8) is 0 Å². The summed E-state index contributed by atoms with van der Waals surface area (Å²) in [5.41, 5.74) is 10.1. The van der Waals surface area contributed by atoms with Gasteiger partial charge in [0, 0.05) is 17.3 Å². The number of carbonyl (C=O) groups is 4. The van der Waals surface area contributed by atoms with Gasteiger partial charge in [0.05, 0.1) is 17.4 Å². The summed E-state index contributed by atoms with van der Waals surface area (Å²) in [6.07, 6.45) is -0.427. The largest absolute Gasteiger partial charge is 0.445 e. The molecule has 42 heavy (non-hydrogen) atoms. The van der Waals surface area contributed by atoms with E-state index >= 15 is 0 Å². The van der Waals surface area contributed by atoms with E-state index in [0.29, 0.717) is 23.4 Å². The van der Waals surface area contributed by atoms with Crippen LogP contribution in [0.15, 0.2) is 95.0 Å². The van der Waals surface area contributed by atoms with Gasteiger partial charge in [0.15, 0.2) is 0 Å². The lowest BCUT2D eigenvalue weighted by Gasteiger charge is -2.25. The highest BCUT2D eigenvalue weighted by Crippen LogP contribution is 2.28. The summed E-state index contributed by atoms with van der Waals surface area (Å²) in [7, 11) is 0. The Bertz CT molecular complexity index is 1480. The molecule has 3 aromatic carbocycles. The van der Waals surface area contributed by atoms with Crippen LogP contribution in [0.4, 0.5) is 15.3 Å². The Morgan fingerprint density at radius 2 is 1.69 bits per heavy atom. The molecule has 0 aliphatic carbocycles. The van der Waals surface area contributed by atoms with E-state index in [-0.39, 0.29) is 13.2 Å². The van der Waals surface area contributed by atoms with Crippen LogP contribution in [0.1, 0.15) is 30.0 Å². The lowest BCUT2D eigenvalue weighted by molar-refractivity contribution is -0.124. The molecule has 0 bridgehead atoms. The van der Waals surface area contributed by atoms with Crippen LogP contribution in [0.5, 0.6) is 0 Å². The van der Waals surface area contributed by atoms with E-state index in [2.05, 4.69) is 26.2 Å². The van der Waals surface area contributed by atoms with E-state index < -0.39 is 36.1 Å². The Balaban J connectivity index is 1.62. The summed E-state index contributed by atoms with van der Waals surface area (Å²) < 4.78 is 5.35. The predicted octanol–water partition coefficient (Wildman–Crippen LogP) is 2.67. The lowest BCUT2D eigenvalue weighted by Crippen LogP contribution is -2.51. The number of aliphatic imine (C=N–C) groups is 1. The number of rotatable bonds is 10. The molecule has 0 aromatic heterocycles. The number of nitrogens with zero attached hydrogens (tertiary/aromatic N) is 3. The molecule has 0 saturated heterocycles. The van der Waals surface area contributed by atoms with Crippen molar-refractivity contribution in [2.75, 3.05) is 11.4 Å². The number of primary amides is 1. The van der Waals surface area contributed by atoms with Crippen molar-refractivity contribution in [3.8, 4) is 0 Å². The average molecular weight is 570 g/mol. The second kappa shape index (κ2) is 14.2. The number of benzodiazepines with no additional fused rings is 1. The van der Waals surface area contributed by atoms with E-state index in [4.69, 9.17) is 10.5 Å². The van der Waals surface area contributed by atoms with Crippen molar-refractivity contribution in [2.24, 2.45) is 15.8 Å². The van der Waals surface area contributed by atoms with Crippen molar-refractivity contribution < 1.29 is 23.9 Å². The molecule has 5 amide bonds. The lowest BCUT2D eigenvalue weighted by atomic mass is 10.0. The van der Waals surface area contributed by atoms with Gasteiger partial charge in [0.25, 0.3) is 5.91 Å². The molecular formula is C30H31N7O5. The smallest absolute Gasteiger partial charge is 0.409 e. The highest BCUT2D eigenvalue weighted by Gasteiger charge is 2.34. The van der Waals surface area contributed by atoms with Crippen LogP contribution in [0.3, 0.4) is 0 Å². The van der Waals surface area contributed by atoms with Crippen LogP contribution < -0.4 is 26.7 Å². The highest BCUT2D eigenvalue weighted by atomic mass is 16.5. The quantitative estimate of drug-likeness (QED) is 0.217. The molecule has 1 unspecified atom stereocenters. The van der Waals surface area contributed by atoms with Crippen LogP contribution in [0.25, 0.3) is 0 Å². The maximum absolute atomic E-state index is 13.9. The minimum absolute atomic E-state index is 0.000242. The molecule has 216 valence electrons. The molecule has 0 radical (unpaired) electrons. The van der Waals surface area contributed by atoms with Crippen molar-refractivity contribution in [1.82, 2.24) is 16.1 Å². The number of amides is 5. The molecule has 0 spiro atoms. The van der Waals surface area contributed by atoms with E-state index in [1.54, 1.807) is 24.3 Å². The molecule has 4 rings (SSSR count). The summed E-state index contributed by atoms with van der Waals surface area (Å²) >= 11 is 0. The number of fused-ring (bicyclic) bond motifs is 1. The van der Waals surface area contributed by atoms with Crippen molar-refractivity contribution in [1.29, 1.82) is 0 Å². The normalized spacial score (nSPS) is 15.2. The van der Waals surface area contributed by atoms with Gasteiger partial charge in [-0.1, -0.05) is 85.8 Å². The molecule has 12 heteroatoms. The number of carbonyl (C=O) groups excluding carboxylic acids is 4. The fourth-order valence-corrected chi connectivity index (χ4v) is 4.22. The zero-order valence-electron chi connectivity index (χ0n) is 22.9. The third-order valence-electron chi connectivity index (χ3n) is 6.24. The molecule has 3 aromatic rings. The van der Waals surface area contributed by atoms with E-state index in [0.717, 1.165) is 11.1 Å². The SMILES string of the molecule is CC[C@@H](/C=N/NC(N)=O)NC(=O)CN1C(=O)C(NC(=O)OCc2ccccc2)N=C(c2ccccc2)c2ccccc21. The third kappa shape index (κ3) is 7.78. The fraction of sp³-hybridized carbons (Fsp3) is 0.200. The first-order valence-electron chi connectivity index (χ1n) is 13.2. The zero-order valence-corrected chi connectivity index (χ0v) is 22.9. The topological polar surface area (TPSA) is 168 Å². The van der Waals surface area contributed by atoms with Gasteiger partial charge in [-0.25, -0.2) is 20.0 Å². The minimum atomic E-state index is -1.38. The van der Waals surface area contributed by atoms with Gasteiger partial charge >= 0.3 is 12.1 Å². The Labute approximate surface area is 242 Å². The Morgan fingerprint density at radius 1 is 1.02 bits per heavy atom. The third-order valence-corrected chi connectivity index (χ3v) is 6.24. The summed E-state index contributed by atoms with van der Waals surface area (Å²) in [5.74, 6) is -1.12. The number of alkyl carbamates (subject to hydrolysis) is 1. The maximum atomic E-state index is 13.9. The second-order valence-electron chi connectivity index (χ2n) is 9.23. The Hall–Kier alpha value is -5.52. The van der Waals surface area contributed by atoms with Gasteiger partial charge < -0.3 is 15.8 Å². The summed E-state index contributed by atoms with van der Waals surface area (Å²) in [5, 5.41) is 9.05. The molecule has 2 atom stereocenters. The number of hydrogen-bond acceptors (Lipinski definition) is 7. The molecule has 5 N–H and O–H groups in total. The Morgan fingerprint density at radius 3 is 2.38 bits per heavy atom. The van der Waals surface area contributed by atoms with E-state index in [1.165, 1.54) is 11.1 Å². The van der Waals surface area contributed by atoms with Crippen LogP contribution in [0.2, 0.25) is 0 Å². The fourth-order valence-electron chi connectivity index (χ4n) is 4.22. The second-order valence-corrected chi connectivity index (χ2v) is 9.23. The summed E-state index contributed by atoms with van der Waals surface area (Å²) in [6.45, 7) is 1.44. The number of nitrogens with two attached hydrogens (primary N) is 1. The van der Waals surface area contributed by atoms with Crippen LogP contribution in [-0.4, -0.2) is 54.6 Å². The highest BCUT2D eigenvalue weighted by molar-refractivity contribution is 6.20. The monoisotopic (exact) mass is 569 g/mol. The number of ether oxygens (including phenoxy) is 1. The first-order chi connectivity index (χ1) is 20.4. The van der Waals surface area contributed by atoms with Crippen LogP contribution >= 0.6 is 0 Å². The minimum Gasteiger partial charge on any atom is -0.445 e. The van der Waals surface area contributed by atoms with Crippen molar-refractivity contribution >= 4 is 41.6 Å². The van der Waals surface area contributed by atoms with Gasteiger partial charge in [-0.05, 0) is 18.1 Å². The standard InChI is InChI=1S/C30H31N7O5/c1-2-22(17-32-36-29(31)40)33-25(38)18-37-24-16-10-9-15-23(24)26(21-13-7-4-8-14-21)34-27(28(37)39)35-30(41)42-19-20-11-5-3-6-12-20/h3-17,22,27H,2,18-19H2,1H3,(H,33,38)(H,35,41)(H3,31,36,40)/b32-17+/t22-,27?/m0/s1. The molecule has 0 saturated carbocycles. The summed E-state index contributed by atoms with van der Waals surface area (Å²) in [4.78, 5) is 56.7. The zero-order chi connectivity index (χ0) is 29.9. The van der Waals surface area contributed by atoms with Gasteiger partial charge in [-0.2, -0.15) is 5.10 Å². The number of anilines is 1. The summed E-state index contributed by atoms with van der Waals surface area (Å²) in [6, 6.07) is 24.0. The van der Waals surface area contributed by atoms with Crippen molar-refractivity contribution in [3.05, 3.63) is 102 Å². The molecule has 1 heterocycles.